The Morgan fingerprint density at radius 2 is 1.83 bits per heavy atom. The van der Waals surface area contributed by atoms with Crippen LogP contribution in [0.5, 0.6) is 0 Å². The van der Waals surface area contributed by atoms with Crippen LogP contribution in [0.2, 0.25) is 5.02 Å². The lowest BCUT2D eigenvalue weighted by atomic mass is 9.94. The first-order valence-corrected chi connectivity index (χ1v) is 11.4. The van der Waals surface area contributed by atoms with Gasteiger partial charge in [-0.05, 0) is 41.5 Å². The fraction of sp³-hybridized carbons (Fsp3) is 0.231. The number of halogens is 1. The number of benzene rings is 3. The number of esters is 1. The van der Waals surface area contributed by atoms with Crippen LogP contribution in [0.1, 0.15) is 27.6 Å². The molecule has 0 aliphatic carbocycles. The molecule has 0 aromatic heterocycles. The van der Waals surface area contributed by atoms with E-state index >= 15 is 0 Å². The molecule has 3 aromatic carbocycles. The number of primary amides is 1. The summed E-state index contributed by atoms with van der Waals surface area (Å²) in [5.41, 5.74) is 7.17. The Bertz CT molecular complexity index is 1380. The number of hydrogen-bond acceptors (Lipinski definition) is 6. The first kappa shape index (κ1) is 25.2. The summed E-state index contributed by atoms with van der Waals surface area (Å²) in [6.45, 7) is 1.05. The van der Waals surface area contributed by atoms with Gasteiger partial charge in [0.05, 0.1) is 5.56 Å². The molecule has 4 rings (SSSR count). The molecule has 2 N–H and O–H groups in total. The van der Waals surface area contributed by atoms with Crippen LogP contribution in [0.25, 0.3) is 10.8 Å². The van der Waals surface area contributed by atoms with Crippen molar-refractivity contribution >= 4 is 51.8 Å². The molecule has 0 saturated carbocycles. The Morgan fingerprint density at radius 3 is 2.56 bits per heavy atom. The highest BCUT2D eigenvalue weighted by molar-refractivity contribution is 6.31. The van der Waals surface area contributed by atoms with E-state index in [1.54, 1.807) is 43.3 Å². The second kappa shape index (κ2) is 10.3. The van der Waals surface area contributed by atoms with Gasteiger partial charge in [0.25, 0.3) is 11.8 Å². The number of methoxy groups -OCH3 is 1. The molecule has 186 valence electrons. The maximum absolute atomic E-state index is 13.0. The van der Waals surface area contributed by atoms with Crippen molar-refractivity contribution < 1.29 is 28.7 Å². The number of anilines is 1. The summed E-state index contributed by atoms with van der Waals surface area (Å²) in [5, 5.41) is 1.88. The van der Waals surface area contributed by atoms with Crippen molar-refractivity contribution in [2.24, 2.45) is 5.73 Å². The molecule has 1 heterocycles. The van der Waals surface area contributed by atoms with Crippen LogP contribution in [-0.4, -0.2) is 55.5 Å². The minimum Gasteiger partial charge on any atom is -0.452 e. The number of carbonyl (C=O) groups excluding carboxylic acids is 4. The van der Waals surface area contributed by atoms with E-state index in [1.807, 2.05) is 12.1 Å². The van der Waals surface area contributed by atoms with Gasteiger partial charge in [0.15, 0.2) is 12.7 Å². The standard InChI is InChI=1S/C26H24ClN3O6/c1-15-19(27)8-5-9-20(15)30-14-29(12-21(30)31)22(32)13-36-26(34)18-11-10-16-6-3-4-7-17(16)23(18)24(35-2)25(28)33/h3-11,24H,12-14H2,1-2H3,(H2,28,33). The number of nitrogens with zero attached hydrogens (tertiary/aromatic N) is 2. The number of nitrogens with two attached hydrogens (primary N) is 1. The molecule has 9 nitrogen and oxygen atoms in total. The van der Waals surface area contributed by atoms with E-state index in [0.717, 1.165) is 10.9 Å². The van der Waals surface area contributed by atoms with Gasteiger partial charge in [0, 0.05) is 23.4 Å². The van der Waals surface area contributed by atoms with Crippen molar-refractivity contribution in [2.75, 3.05) is 31.8 Å². The Labute approximate surface area is 212 Å². The maximum Gasteiger partial charge on any atom is 0.339 e. The van der Waals surface area contributed by atoms with E-state index in [9.17, 15) is 19.2 Å². The van der Waals surface area contributed by atoms with Crippen LogP contribution in [0.15, 0.2) is 54.6 Å². The molecule has 1 atom stereocenters. The maximum atomic E-state index is 13.0. The van der Waals surface area contributed by atoms with Crippen molar-refractivity contribution in [3.05, 3.63) is 76.3 Å². The van der Waals surface area contributed by atoms with Crippen molar-refractivity contribution in [1.82, 2.24) is 4.90 Å². The number of amides is 3. The highest BCUT2D eigenvalue weighted by Crippen LogP contribution is 2.31. The second-order valence-corrected chi connectivity index (χ2v) is 8.69. The highest BCUT2D eigenvalue weighted by Gasteiger charge is 2.33. The van der Waals surface area contributed by atoms with E-state index in [4.69, 9.17) is 26.8 Å². The van der Waals surface area contributed by atoms with Crippen LogP contribution >= 0.6 is 11.6 Å². The monoisotopic (exact) mass is 509 g/mol. The zero-order valence-corrected chi connectivity index (χ0v) is 20.4. The second-order valence-electron chi connectivity index (χ2n) is 8.28. The third-order valence-electron chi connectivity index (χ3n) is 6.10. The van der Waals surface area contributed by atoms with E-state index in [1.165, 1.54) is 23.0 Å². The summed E-state index contributed by atoms with van der Waals surface area (Å²) >= 11 is 6.17. The number of carbonyl (C=O) groups is 4. The summed E-state index contributed by atoms with van der Waals surface area (Å²) in [6, 6.07) is 15.5. The molecule has 1 aliphatic rings. The quantitative estimate of drug-likeness (QED) is 0.489. The van der Waals surface area contributed by atoms with E-state index < -0.39 is 30.5 Å². The molecule has 1 aliphatic heterocycles. The van der Waals surface area contributed by atoms with Crippen LogP contribution in [-0.2, 0) is 23.9 Å². The van der Waals surface area contributed by atoms with Crippen molar-refractivity contribution in [3.8, 4) is 0 Å². The van der Waals surface area contributed by atoms with E-state index in [-0.39, 0.29) is 30.2 Å². The van der Waals surface area contributed by atoms with Crippen molar-refractivity contribution in [2.45, 2.75) is 13.0 Å². The van der Waals surface area contributed by atoms with Crippen LogP contribution in [0.3, 0.4) is 0 Å². The predicted octanol–water partition coefficient (Wildman–Crippen LogP) is 2.96. The van der Waals surface area contributed by atoms with Gasteiger partial charge in [0.2, 0.25) is 5.91 Å². The molecule has 3 amide bonds. The summed E-state index contributed by atoms with van der Waals surface area (Å²) in [4.78, 5) is 53.2. The van der Waals surface area contributed by atoms with Crippen LogP contribution in [0.4, 0.5) is 5.69 Å². The average Bonchev–Trinajstić information content (AvgIpc) is 3.25. The van der Waals surface area contributed by atoms with Crippen molar-refractivity contribution in [3.63, 3.8) is 0 Å². The zero-order valence-electron chi connectivity index (χ0n) is 19.7. The van der Waals surface area contributed by atoms with Gasteiger partial charge < -0.3 is 20.1 Å². The lowest BCUT2D eigenvalue weighted by Gasteiger charge is -2.21. The fourth-order valence-electron chi connectivity index (χ4n) is 4.24. The number of rotatable bonds is 7. The fourth-order valence-corrected chi connectivity index (χ4v) is 4.41. The van der Waals surface area contributed by atoms with Gasteiger partial charge in [-0.25, -0.2) is 4.79 Å². The first-order chi connectivity index (χ1) is 17.2. The normalized spacial score (nSPS) is 14.2. The third kappa shape index (κ3) is 4.75. The molecule has 3 aromatic rings. The summed E-state index contributed by atoms with van der Waals surface area (Å²) < 4.78 is 10.6. The largest absolute Gasteiger partial charge is 0.452 e. The molecule has 0 radical (unpaired) electrons. The average molecular weight is 510 g/mol. The Morgan fingerprint density at radius 1 is 1.08 bits per heavy atom. The highest BCUT2D eigenvalue weighted by atomic mass is 35.5. The number of fused-ring (bicyclic) bond motifs is 1. The van der Waals surface area contributed by atoms with Gasteiger partial charge in [-0.15, -0.1) is 0 Å². The number of ether oxygens (including phenoxy) is 2. The minimum atomic E-state index is -1.19. The van der Waals surface area contributed by atoms with Gasteiger partial charge in [-0.3, -0.25) is 19.3 Å². The topological polar surface area (TPSA) is 119 Å². The molecule has 10 heteroatoms. The Balaban J connectivity index is 1.52. The van der Waals surface area contributed by atoms with E-state index in [2.05, 4.69) is 0 Å². The molecular weight excluding hydrogens is 486 g/mol. The molecule has 1 fully saturated rings. The minimum absolute atomic E-state index is 0.00501. The number of hydrogen-bond donors (Lipinski definition) is 1. The molecule has 0 spiro atoms. The van der Waals surface area contributed by atoms with E-state index in [0.29, 0.717) is 16.1 Å². The summed E-state index contributed by atoms with van der Waals surface area (Å²) in [7, 11) is 1.31. The molecule has 1 saturated heterocycles. The molecule has 36 heavy (non-hydrogen) atoms. The lowest BCUT2D eigenvalue weighted by molar-refractivity contribution is -0.134. The molecular formula is C26H24ClN3O6. The van der Waals surface area contributed by atoms with Gasteiger partial charge in [-0.2, -0.15) is 0 Å². The van der Waals surface area contributed by atoms with Gasteiger partial charge in [0.1, 0.15) is 13.2 Å². The molecule has 0 bridgehead atoms. The lowest BCUT2D eigenvalue weighted by Crippen LogP contribution is -2.35. The SMILES string of the molecule is COC(C(N)=O)c1c(C(=O)OCC(=O)N2CC(=O)N(c3cccc(Cl)c3C)C2)ccc2ccccc12. The third-order valence-corrected chi connectivity index (χ3v) is 6.51. The van der Waals surface area contributed by atoms with Crippen molar-refractivity contribution in [1.29, 1.82) is 0 Å². The van der Waals surface area contributed by atoms with Crippen LogP contribution in [0, 0.1) is 6.92 Å². The van der Waals surface area contributed by atoms with Gasteiger partial charge >= 0.3 is 5.97 Å². The Hall–Kier alpha value is -3.95. The smallest absolute Gasteiger partial charge is 0.339 e. The Kier molecular flexibility index (Phi) is 7.23. The predicted molar refractivity (Wildman–Crippen MR) is 133 cm³/mol. The van der Waals surface area contributed by atoms with Crippen LogP contribution < -0.4 is 10.6 Å². The first-order valence-electron chi connectivity index (χ1n) is 11.1. The zero-order chi connectivity index (χ0) is 26.0. The summed E-state index contributed by atoms with van der Waals surface area (Å²) in [5.74, 6) is -2.41. The molecule has 1 unspecified atom stereocenters. The van der Waals surface area contributed by atoms with Gasteiger partial charge in [-0.1, -0.05) is 48.0 Å². The summed E-state index contributed by atoms with van der Waals surface area (Å²) in [6.07, 6.45) is -1.19.